The van der Waals surface area contributed by atoms with Crippen LogP contribution < -0.4 is 10.2 Å². The summed E-state index contributed by atoms with van der Waals surface area (Å²) in [4.78, 5) is 26.6. The molecule has 5 nitrogen and oxygen atoms in total. The minimum absolute atomic E-state index is 0.122. The molecular formula is C20H26F2N2O3. The quantitative estimate of drug-likeness (QED) is 0.838. The molecule has 1 saturated heterocycles. The molecule has 2 amide bonds. The molecule has 1 aromatic rings. The smallest absolute Gasteiger partial charge is 0.407 e. The van der Waals surface area contributed by atoms with Gasteiger partial charge in [-0.25, -0.2) is 13.6 Å². The van der Waals surface area contributed by atoms with Crippen molar-refractivity contribution in [3.05, 3.63) is 29.8 Å². The minimum Gasteiger partial charge on any atom is -0.444 e. The topological polar surface area (TPSA) is 58.6 Å². The van der Waals surface area contributed by atoms with Gasteiger partial charge in [0.15, 0.2) is 0 Å². The van der Waals surface area contributed by atoms with Gasteiger partial charge in [0.05, 0.1) is 5.41 Å². The number of benzene rings is 1. The molecular weight excluding hydrogens is 354 g/mol. The van der Waals surface area contributed by atoms with E-state index in [1.54, 1.807) is 20.8 Å². The molecule has 0 unspecified atom stereocenters. The highest BCUT2D eigenvalue weighted by atomic mass is 19.1. The number of alkyl carbamates (subject to hydrolysis) is 1. The van der Waals surface area contributed by atoms with Crippen LogP contribution in [0.15, 0.2) is 18.2 Å². The van der Waals surface area contributed by atoms with E-state index in [2.05, 4.69) is 5.32 Å². The second kappa shape index (κ2) is 7.09. The first kappa shape index (κ1) is 19.6. The van der Waals surface area contributed by atoms with Gasteiger partial charge in [0.1, 0.15) is 17.2 Å². The maximum absolute atomic E-state index is 13.5. The van der Waals surface area contributed by atoms with Gasteiger partial charge >= 0.3 is 6.09 Å². The van der Waals surface area contributed by atoms with E-state index in [4.69, 9.17) is 4.74 Å². The van der Waals surface area contributed by atoms with Gasteiger partial charge in [-0.1, -0.05) is 6.42 Å². The van der Waals surface area contributed by atoms with Crippen molar-refractivity contribution in [3.8, 4) is 0 Å². The van der Waals surface area contributed by atoms with Gasteiger partial charge in [-0.2, -0.15) is 0 Å². The van der Waals surface area contributed by atoms with Crippen molar-refractivity contribution in [1.82, 2.24) is 5.32 Å². The summed E-state index contributed by atoms with van der Waals surface area (Å²) in [6.45, 7) is 5.81. The third-order valence-corrected chi connectivity index (χ3v) is 5.24. The standard InChI is InChI=1S/C20H26F2N2O3/c1-19(2,3)27-18(26)23-15-5-4-6-20(12-15)7-8-24(17(20)25)16-10-13(21)9-14(22)11-16/h9-11,15H,4-8,12H2,1-3H3,(H,23,26)/t15-,20-/m0/s1. The molecule has 2 fully saturated rings. The Hall–Kier alpha value is -2.18. The number of halogens is 2. The molecule has 1 aliphatic heterocycles. The average molecular weight is 380 g/mol. The van der Waals surface area contributed by atoms with E-state index in [-0.39, 0.29) is 17.6 Å². The molecule has 3 rings (SSSR count). The number of rotatable bonds is 2. The Kier molecular flexibility index (Phi) is 5.14. The zero-order chi connectivity index (χ0) is 19.8. The zero-order valence-electron chi connectivity index (χ0n) is 16.0. The van der Waals surface area contributed by atoms with Gasteiger partial charge < -0.3 is 15.0 Å². The number of carbonyl (C=O) groups is 2. The van der Waals surface area contributed by atoms with Gasteiger partial charge in [0, 0.05) is 24.3 Å². The van der Waals surface area contributed by atoms with E-state index >= 15 is 0 Å². The lowest BCUT2D eigenvalue weighted by atomic mass is 9.71. The number of nitrogens with one attached hydrogen (secondary N) is 1. The summed E-state index contributed by atoms with van der Waals surface area (Å²) in [7, 11) is 0. The number of ether oxygens (including phenoxy) is 1. The summed E-state index contributed by atoms with van der Waals surface area (Å²) in [6.07, 6.45) is 2.93. The SMILES string of the molecule is CC(C)(C)OC(=O)N[C@H]1CCC[C@]2(CCN(c3cc(F)cc(F)c3)C2=O)C1. The van der Waals surface area contributed by atoms with Crippen LogP contribution in [0, 0.1) is 17.0 Å². The van der Waals surface area contributed by atoms with E-state index in [1.165, 1.54) is 17.0 Å². The van der Waals surface area contributed by atoms with Crippen molar-refractivity contribution in [2.45, 2.75) is 64.5 Å². The van der Waals surface area contributed by atoms with Crippen LogP contribution in [-0.2, 0) is 9.53 Å². The lowest BCUT2D eigenvalue weighted by molar-refractivity contribution is -0.127. The predicted octanol–water partition coefficient (Wildman–Crippen LogP) is 4.16. The number of carbonyl (C=O) groups excluding carboxylic acids is 2. The van der Waals surface area contributed by atoms with Crippen LogP contribution in [0.5, 0.6) is 0 Å². The molecule has 0 aromatic heterocycles. The number of hydrogen-bond acceptors (Lipinski definition) is 3. The molecule has 0 radical (unpaired) electrons. The van der Waals surface area contributed by atoms with Crippen molar-refractivity contribution < 1.29 is 23.1 Å². The van der Waals surface area contributed by atoms with Gasteiger partial charge in [0.25, 0.3) is 0 Å². The van der Waals surface area contributed by atoms with E-state index in [0.717, 1.165) is 18.9 Å². The van der Waals surface area contributed by atoms with Crippen molar-refractivity contribution in [2.24, 2.45) is 5.41 Å². The highest BCUT2D eigenvalue weighted by molar-refractivity contribution is 6.00. The van der Waals surface area contributed by atoms with Gasteiger partial charge in [-0.05, 0) is 58.6 Å². The number of amides is 2. The monoisotopic (exact) mass is 380 g/mol. The summed E-state index contributed by atoms with van der Waals surface area (Å²) in [5, 5.41) is 2.87. The van der Waals surface area contributed by atoms with E-state index in [9.17, 15) is 18.4 Å². The van der Waals surface area contributed by atoms with Gasteiger partial charge in [0.2, 0.25) is 5.91 Å². The summed E-state index contributed by atoms with van der Waals surface area (Å²) < 4.78 is 32.4. The van der Waals surface area contributed by atoms with Crippen molar-refractivity contribution >= 4 is 17.7 Å². The summed E-state index contributed by atoms with van der Waals surface area (Å²) in [6, 6.07) is 3.00. The molecule has 27 heavy (non-hydrogen) atoms. The molecule has 1 heterocycles. The summed E-state index contributed by atoms with van der Waals surface area (Å²) in [5.41, 5.74) is -0.935. The second-order valence-electron chi connectivity index (χ2n) is 8.55. The number of hydrogen-bond donors (Lipinski definition) is 1. The molecule has 7 heteroatoms. The lowest BCUT2D eigenvalue weighted by Crippen LogP contribution is -2.47. The number of anilines is 1. The molecule has 2 atom stereocenters. The van der Waals surface area contributed by atoms with Crippen LogP contribution in [0.4, 0.5) is 19.3 Å². The third kappa shape index (κ3) is 4.39. The second-order valence-corrected chi connectivity index (χ2v) is 8.55. The van der Waals surface area contributed by atoms with Crippen molar-refractivity contribution in [1.29, 1.82) is 0 Å². The Labute approximate surface area is 158 Å². The Balaban J connectivity index is 1.71. The predicted molar refractivity (Wildman–Crippen MR) is 97.4 cm³/mol. The minimum atomic E-state index is -0.702. The molecule has 1 aliphatic carbocycles. The van der Waals surface area contributed by atoms with Gasteiger partial charge in [-0.3, -0.25) is 4.79 Å². The van der Waals surface area contributed by atoms with E-state index < -0.39 is 28.7 Å². The normalized spacial score (nSPS) is 25.7. The Bertz CT molecular complexity index is 727. The maximum atomic E-state index is 13.5. The fourth-order valence-electron chi connectivity index (χ4n) is 4.14. The van der Waals surface area contributed by atoms with Crippen LogP contribution in [0.2, 0.25) is 0 Å². The highest BCUT2D eigenvalue weighted by Gasteiger charge is 2.49. The first-order valence-electron chi connectivity index (χ1n) is 9.36. The Morgan fingerprint density at radius 2 is 1.89 bits per heavy atom. The first-order chi connectivity index (χ1) is 12.6. The van der Waals surface area contributed by atoms with Crippen LogP contribution in [0.25, 0.3) is 0 Å². The third-order valence-electron chi connectivity index (χ3n) is 5.24. The summed E-state index contributed by atoms with van der Waals surface area (Å²) in [5.74, 6) is -1.53. The molecule has 1 N–H and O–H groups in total. The molecule has 0 bridgehead atoms. The van der Waals surface area contributed by atoms with E-state index in [0.29, 0.717) is 25.8 Å². The Morgan fingerprint density at radius 1 is 1.22 bits per heavy atom. The first-order valence-corrected chi connectivity index (χ1v) is 9.36. The number of nitrogens with zero attached hydrogens (tertiary/aromatic N) is 1. The molecule has 148 valence electrons. The van der Waals surface area contributed by atoms with Crippen LogP contribution in [-0.4, -0.2) is 30.2 Å². The molecule has 1 saturated carbocycles. The lowest BCUT2D eigenvalue weighted by Gasteiger charge is -2.37. The van der Waals surface area contributed by atoms with Gasteiger partial charge in [-0.15, -0.1) is 0 Å². The fraction of sp³-hybridized carbons (Fsp3) is 0.600. The zero-order valence-corrected chi connectivity index (χ0v) is 16.0. The van der Waals surface area contributed by atoms with Crippen molar-refractivity contribution in [2.75, 3.05) is 11.4 Å². The van der Waals surface area contributed by atoms with Crippen molar-refractivity contribution in [3.63, 3.8) is 0 Å². The molecule has 2 aliphatic rings. The van der Waals surface area contributed by atoms with E-state index in [1.807, 2.05) is 0 Å². The molecule has 1 spiro atoms. The average Bonchev–Trinajstić information content (AvgIpc) is 2.81. The highest BCUT2D eigenvalue weighted by Crippen LogP contribution is 2.46. The van der Waals surface area contributed by atoms with Crippen LogP contribution in [0.3, 0.4) is 0 Å². The molecule has 1 aromatic carbocycles. The van der Waals surface area contributed by atoms with Crippen LogP contribution >= 0.6 is 0 Å². The fourth-order valence-corrected chi connectivity index (χ4v) is 4.14. The maximum Gasteiger partial charge on any atom is 0.407 e. The largest absolute Gasteiger partial charge is 0.444 e. The summed E-state index contributed by atoms with van der Waals surface area (Å²) >= 11 is 0. The Morgan fingerprint density at radius 3 is 2.52 bits per heavy atom. The van der Waals surface area contributed by atoms with Crippen LogP contribution in [0.1, 0.15) is 52.9 Å².